The quantitative estimate of drug-likeness (QED) is 0.755. The fourth-order valence-electron chi connectivity index (χ4n) is 1.96. The topological polar surface area (TPSA) is 85.2 Å². The van der Waals surface area contributed by atoms with E-state index in [1.807, 2.05) is 19.2 Å². The van der Waals surface area contributed by atoms with Gasteiger partial charge in [0.05, 0.1) is 11.4 Å². The highest BCUT2D eigenvalue weighted by Gasteiger charge is 1.95. The van der Waals surface area contributed by atoms with Gasteiger partial charge in [0.25, 0.3) is 0 Å². The number of pyridine rings is 1. The molecule has 5 N–H and O–H groups in total. The third-order valence-electron chi connectivity index (χ3n) is 3.05. The lowest BCUT2D eigenvalue weighted by Gasteiger charge is -2.02. The highest BCUT2D eigenvalue weighted by molar-refractivity contribution is 5.63. The predicted molar refractivity (Wildman–Crippen MR) is 89.0 cm³/mol. The summed E-state index contributed by atoms with van der Waals surface area (Å²) in [4.78, 5) is 4.12. The van der Waals surface area contributed by atoms with Crippen LogP contribution in [0.5, 0.6) is 0 Å². The highest BCUT2D eigenvalue weighted by atomic mass is 16.2. The van der Waals surface area contributed by atoms with Crippen LogP contribution in [0.3, 0.4) is 0 Å². The molecule has 1 aromatic heterocycles. The molecule has 2 aromatic rings. The number of aliphatic hydroxyl groups excluding tert-OH is 1. The van der Waals surface area contributed by atoms with Crippen LogP contribution < -0.4 is 11.5 Å². The van der Waals surface area contributed by atoms with E-state index in [1.54, 1.807) is 12.1 Å². The smallest absolute Gasteiger partial charge is 0.0550 e. The summed E-state index contributed by atoms with van der Waals surface area (Å²) >= 11 is 0. The first kappa shape index (κ1) is 17.0. The molecule has 0 saturated heterocycles. The third kappa shape index (κ3) is 6.27. The van der Waals surface area contributed by atoms with E-state index in [-0.39, 0.29) is 6.61 Å². The molecule has 0 bridgehead atoms. The normalized spacial score (nSPS) is 9.86. The second-order valence-electron chi connectivity index (χ2n) is 4.99. The zero-order valence-corrected chi connectivity index (χ0v) is 12.8. The van der Waals surface area contributed by atoms with Crippen LogP contribution in [0.25, 0.3) is 0 Å². The summed E-state index contributed by atoms with van der Waals surface area (Å²) in [5.41, 5.74) is 15.7. The Bertz CT molecular complexity index is 555. The van der Waals surface area contributed by atoms with Crippen molar-refractivity contribution in [2.75, 3.05) is 18.1 Å². The Kier molecular flexibility index (Phi) is 7.26. The van der Waals surface area contributed by atoms with E-state index in [2.05, 4.69) is 24.0 Å². The van der Waals surface area contributed by atoms with Gasteiger partial charge in [-0.05, 0) is 55.2 Å². The SMILES string of the molecule is CCCc1ccnc(C)c1.Nc1ccc(CCO)cc1N. The molecule has 0 unspecified atom stereocenters. The van der Waals surface area contributed by atoms with Crippen molar-refractivity contribution in [2.24, 2.45) is 0 Å². The molecule has 0 atom stereocenters. The van der Waals surface area contributed by atoms with Gasteiger partial charge in [-0.2, -0.15) is 0 Å². The van der Waals surface area contributed by atoms with Crippen molar-refractivity contribution in [1.82, 2.24) is 4.98 Å². The van der Waals surface area contributed by atoms with Crippen molar-refractivity contribution in [1.29, 1.82) is 0 Å². The highest BCUT2D eigenvalue weighted by Crippen LogP contribution is 2.15. The van der Waals surface area contributed by atoms with Gasteiger partial charge in [-0.3, -0.25) is 4.98 Å². The zero-order chi connectivity index (χ0) is 15.7. The Morgan fingerprint density at radius 3 is 2.29 bits per heavy atom. The molecule has 2 rings (SSSR count). The molecule has 0 aliphatic carbocycles. The van der Waals surface area contributed by atoms with Gasteiger partial charge in [0.15, 0.2) is 0 Å². The Morgan fingerprint density at radius 1 is 1.00 bits per heavy atom. The average Bonchev–Trinajstić information content (AvgIpc) is 2.44. The van der Waals surface area contributed by atoms with Crippen LogP contribution in [-0.4, -0.2) is 16.7 Å². The molecule has 4 nitrogen and oxygen atoms in total. The van der Waals surface area contributed by atoms with Crippen LogP contribution in [-0.2, 0) is 12.8 Å². The molecule has 0 saturated carbocycles. The average molecular weight is 287 g/mol. The number of hydrogen-bond acceptors (Lipinski definition) is 4. The van der Waals surface area contributed by atoms with E-state index in [0.29, 0.717) is 17.8 Å². The van der Waals surface area contributed by atoms with Gasteiger partial charge >= 0.3 is 0 Å². The van der Waals surface area contributed by atoms with E-state index in [0.717, 1.165) is 11.3 Å². The van der Waals surface area contributed by atoms with E-state index in [9.17, 15) is 0 Å². The Balaban J connectivity index is 0.000000211. The van der Waals surface area contributed by atoms with Crippen LogP contribution in [0.2, 0.25) is 0 Å². The Morgan fingerprint density at radius 2 is 1.71 bits per heavy atom. The number of nitrogens with two attached hydrogens (primary N) is 2. The molecule has 21 heavy (non-hydrogen) atoms. The van der Waals surface area contributed by atoms with E-state index < -0.39 is 0 Å². The minimum atomic E-state index is 0.142. The van der Waals surface area contributed by atoms with Gasteiger partial charge in [0, 0.05) is 18.5 Å². The summed E-state index contributed by atoms with van der Waals surface area (Å²) in [6, 6.07) is 9.62. The van der Waals surface area contributed by atoms with Crippen LogP contribution in [0.1, 0.15) is 30.2 Å². The largest absolute Gasteiger partial charge is 0.397 e. The van der Waals surface area contributed by atoms with E-state index in [4.69, 9.17) is 16.6 Å². The molecule has 0 aliphatic rings. The molecule has 1 aromatic carbocycles. The number of anilines is 2. The Labute approximate surface area is 126 Å². The summed E-state index contributed by atoms with van der Waals surface area (Å²) in [6.07, 6.45) is 4.89. The molecule has 0 fully saturated rings. The minimum absolute atomic E-state index is 0.142. The molecule has 0 amide bonds. The number of nitrogen functional groups attached to an aromatic ring is 2. The second-order valence-corrected chi connectivity index (χ2v) is 4.99. The van der Waals surface area contributed by atoms with Crippen LogP contribution in [0, 0.1) is 6.92 Å². The van der Waals surface area contributed by atoms with Gasteiger partial charge in [0.2, 0.25) is 0 Å². The first-order valence-electron chi connectivity index (χ1n) is 7.23. The molecule has 114 valence electrons. The van der Waals surface area contributed by atoms with Crippen molar-refractivity contribution in [2.45, 2.75) is 33.1 Å². The molecule has 0 radical (unpaired) electrons. The van der Waals surface area contributed by atoms with Crippen LogP contribution in [0.4, 0.5) is 11.4 Å². The molecule has 0 aliphatic heterocycles. The van der Waals surface area contributed by atoms with Crippen LogP contribution >= 0.6 is 0 Å². The molecular weight excluding hydrogens is 262 g/mol. The lowest BCUT2D eigenvalue weighted by molar-refractivity contribution is 0.299. The summed E-state index contributed by atoms with van der Waals surface area (Å²) in [6.45, 7) is 4.36. The maximum Gasteiger partial charge on any atom is 0.0550 e. The van der Waals surface area contributed by atoms with Gasteiger partial charge < -0.3 is 16.6 Å². The fraction of sp³-hybridized carbons (Fsp3) is 0.353. The van der Waals surface area contributed by atoms with Gasteiger partial charge in [0.1, 0.15) is 0 Å². The summed E-state index contributed by atoms with van der Waals surface area (Å²) in [5, 5.41) is 8.61. The maximum atomic E-state index is 8.61. The lowest BCUT2D eigenvalue weighted by Crippen LogP contribution is -1.97. The van der Waals surface area contributed by atoms with Crippen molar-refractivity contribution < 1.29 is 5.11 Å². The zero-order valence-electron chi connectivity index (χ0n) is 12.8. The number of rotatable bonds is 4. The van der Waals surface area contributed by atoms with Gasteiger partial charge in [-0.1, -0.05) is 19.4 Å². The third-order valence-corrected chi connectivity index (χ3v) is 3.05. The Hall–Kier alpha value is -2.07. The maximum absolute atomic E-state index is 8.61. The standard InChI is InChI=1S/C9H13N.C8H12N2O/c1-3-4-9-5-6-10-8(2)7-9;9-7-2-1-6(3-4-11)5-8(7)10/h5-7H,3-4H2,1-2H3;1-2,5,11H,3-4,9-10H2. The predicted octanol–water partition coefficient (Wildman–Crippen LogP) is 2.73. The number of hydrogen-bond donors (Lipinski definition) is 3. The molecular formula is C17H25N3O. The van der Waals surface area contributed by atoms with Gasteiger partial charge in [-0.25, -0.2) is 0 Å². The van der Waals surface area contributed by atoms with Crippen molar-refractivity contribution in [3.8, 4) is 0 Å². The summed E-state index contributed by atoms with van der Waals surface area (Å²) < 4.78 is 0. The molecule has 4 heteroatoms. The van der Waals surface area contributed by atoms with E-state index in [1.165, 1.54) is 18.4 Å². The molecule has 1 heterocycles. The summed E-state index contributed by atoms with van der Waals surface area (Å²) in [5.74, 6) is 0. The second kappa shape index (κ2) is 8.97. The lowest BCUT2D eigenvalue weighted by atomic mass is 10.1. The number of aromatic nitrogens is 1. The van der Waals surface area contributed by atoms with Crippen molar-refractivity contribution in [3.05, 3.63) is 53.3 Å². The number of nitrogens with zero attached hydrogens (tertiary/aromatic N) is 1. The van der Waals surface area contributed by atoms with Crippen LogP contribution in [0.15, 0.2) is 36.5 Å². The fourth-order valence-corrected chi connectivity index (χ4v) is 1.96. The van der Waals surface area contributed by atoms with Gasteiger partial charge in [-0.15, -0.1) is 0 Å². The van der Waals surface area contributed by atoms with Crippen molar-refractivity contribution >= 4 is 11.4 Å². The first-order valence-corrected chi connectivity index (χ1v) is 7.23. The van der Waals surface area contributed by atoms with Crippen molar-refractivity contribution in [3.63, 3.8) is 0 Å². The minimum Gasteiger partial charge on any atom is -0.397 e. The van der Waals surface area contributed by atoms with E-state index >= 15 is 0 Å². The monoisotopic (exact) mass is 287 g/mol. The number of aryl methyl sites for hydroxylation is 2. The number of aliphatic hydroxyl groups is 1. The summed E-state index contributed by atoms with van der Waals surface area (Å²) in [7, 11) is 0. The molecule has 0 spiro atoms. The first-order chi connectivity index (χ1) is 10.1. The number of benzene rings is 1.